The third-order valence-corrected chi connectivity index (χ3v) is 2.12. The van der Waals surface area contributed by atoms with Crippen molar-refractivity contribution in [2.45, 2.75) is 5.37 Å². The summed E-state index contributed by atoms with van der Waals surface area (Å²) in [4.78, 5) is 0. The van der Waals surface area contributed by atoms with Gasteiger partial charge >= 0.3 is 0 Å². The van der Waals surface area contributed by atoms with Gasteiger partial charge in [0, 0.05) is 13.4 Å². The van der Waals surface area contributed by atoms with E-state index in [9.17, 15) is 8.42 Å². The molecule has 56 valence electrons. The molecule has 0 aromatic carbocycles. The van der Waals surface area contributed by atoms with Gasteiger partial charge in [-0.15, -0.1) is 0 Å². The van der Waals surface area contributed by atoms with Crippen LogP contribution in [0.1, 0.15) is 0 Å². The van der Waals surface area contributed by atoms with E-state index in [0.717, 1.165) is 6.26 Å². The van der Waals surface area contributed by atoms with Gasteiger partial charge in [0.25, 0.3) is 0 Å². The summed E-state index contributed by atoms with van der Waals surface area (Å²) < 4.78 is 25.6. The highest BCUT2D eigenvalue weighted by atomic mass is 32.2. The van der Waals surface area contributed by atoms with E-state index < -0.39 is 15.2 Å². The monoisotopic (exact) mass is 153 g/mol. The highest BCUT2D eigenvalue weighted by Gasteiger charge is 2.13. The molecule has 0 saturated heterocycles. The number of nitrogens with two attached hydrogens (primary N) is 1. The molecular formula is C4H11NO3S. The predicted octanol–water partition coefficient (Wildman–Crippen LogP) is -1.04. The van der Waals surface area contributed by atoms with Crippen molar-refractivity contribution in [2.24, 2.45) is 5.73 Å². The number of hydrogen-bond donors (Lipinski definition) is 1. The molecule has 5 heteroatoms. The number of methoxy groups -OCH3 is 1. The van der Waals surface area contributed by atoms with Crippen LogP contribution in [0.5, 0.6) is 0 Å². The molecule has 0 aliphatic heterocycles. The molecule has 0 aliphatic carbocycles. The van der Waals surface area contributed by atoms with Gasteiger partial charge in [0.15, 0.2) is 9.84 Å². The van der Waals surface area contributed by atoms with Crippen LogP contribution < -0.4 is 5.73 Å². The van der Waals surface area contributed by atoms with Crippen LogP contribution in [0.2, 0.25) is 0 Å². The molecule has 0 rings (SSSR count). The summed E-state index contributed by atoms with van der Waals surface area (Å²) >= 11 is 0. The second-order valence-corrected chi connectivity index (χ2v) is 4.09. The summed E-state index contributed by atoms with van der Waals surface area (Å²) in [6.45, 7) is 0.0544. The highest BCUT2D eigenvalue weighted by Crippen LogP contribution is 1.89. The first-order valence-corrected chi connectivity index (χ1v) is 4.37. The van der Waals surface area contributed by atoms with Crippen LogP contribution in [0.4, 0.5) is 0 Å². The van der Waals surface area contributed by atoms with Gasteiger partial charge in [-0.05, 0) is 0 Å². The second-order valence-electron chi connectivity index (χ2n) is 1.82. The van der Waals surface area contributed by atoms with Crippen LogP contribution in [0, 0.1) is 0 Å². The van der Waals surface area contributed by atoms with Crippen molar-refractivity contribution in [3.8, 4) is 0 Å². The van der Waals surface area contributed by atoms with Gasteiger partial charge in [0.1, 0.15) is 5.37 Å². The lowest BCUT2D eigenvalue weighted by Gasteiger charge is -2.05. The van der Waals surface area contributed by atoms with Gasteiger partial charge in [-0.1, -0.05) is 0 Å². The summed E-state index contributed by atoms with van der Waals surface area (Å²) in [7, 11) is -1.70. The van der Waals surface area contributed by atoms with Crippen molar-refractivity contribution < 1.29 is 13.2 Å². The normalized spacial score (nSPS) is 15.4. The maximum absolute atomic E-state index is 10.5. The molecule has 0 aromatic heterocycles. The first kappa shape index (κ1) is 8.87. The molecule has 0 aliphatic rings. The largest absolute Gasteiger partial charge is 0.382 e. The Balaban J connectivity index is 3.90. The van der Waals surface area contributed by atoms with Crippen molar-refractivity contribution >= 4 is 9.84 Å². The van der Waals surface area contributed by atoms with Crippen LogP contribution in [0.25, 0.3) is 0 Å². The maximum Gasteiger partial charge on any atom is 0.165 e. The molecule has 1 unspecified atom stereocenters. The van der Waals surface area contributed by atoms with Gasteiger partial charge in [0.2, 0.25) is 0 Å². The van der Waals surface area contributed by atoms with Gasteiger partial charge in [0.05, 0.1) is 6.61 Å². The summed E-state index contributed by atoms with van der Waals surface area (Å²) in [6.07, 6.45) is 1.08. The average molecular weight is 153 g/mol. The quantitative estimate of drug-likeness (QED) is 0.562. The topological polar surface area (TPSA) is 69.4 Å². The Labute approximate surface area is 54.9 Å². The molecule has 0 spiro atoms. The standard InChI is InChI=1S/C4H11NO3S/c1-8-3-4(5)9(2,6)7/h4H,3,5H2,1-2H3. The predicted molar refractivity (Wildman–Crippen MR) is 34.7 cm³/mol. The first-order valence-electron chi connectivity index (χ1n) is 2.42. The maximum atomic E-state index is 10.5. The summed E-state index contributed by atoms with van der Waals surface area (Å²) in [5, 5.41) is -0.887. The lowest BCUT2D eigenvalue weighted by Crippen LogP contribution is -2.33. The lowest BCUT2D eigenvalue weighted by molar-refractivity contribution is 0.198. The van der Waals surface area contributed by atoms with E-state index in [1.807, 2.05) is 0 Å². The molecule has 9 heavy (non-hydrogen) atoms. The van der Waals surface area contributed by atoms with Crippen LogP contribution in [0.3, 0.4) is 0 Å². The third kappa shape index (κ3) is 3.45. The van der Waals surface area contributed by atoms with Crippen LogP contribution >= 0.6 is 0 Å². The molecule has 1 atom stereocenters. The molecular weight excluding hydrogens is 142 g/mol. The minimum Gasteiger partial charge on any atom is -0.382 e. The van der Waals surface area contributed by atoms with E-state index in [-0.39, 0.29) is 6.61 Å². The van der Waals surface area contributed by atoms with Crippen LogP contribution in [-0.4, -0.2) is 33.8 Å². The SMILES string of the molecule is COCC(N)S(C)(=O)=O. The Hall–Kier alpha value is -0.130. The fourth-order valence-corrected chi connectivity index (χ4v) is 0.671. The average Bonchev–Trinajstić information content (AvgIpc) is 1.64. The number of rotatable bonds is 3. The molecule has 0 saturated carbocycles. The Bertz CT molecular complexity index is 163. The van der Waals surface area contributed by atoms with Gasteiger partial charge < -0.3 is 10.5 Å². The minimum absolute atomic E-state index is 0.0544. The third-order valence-electron chi connectivity index (χ3n) is 0.881. The van der Waals surface area contributed by atoms with Gasteiger partial charge in [-0.25, -0.2) is 8.42 Å². The zero-order valence-corrected chi connectivity index (χ0v) is 6.31. The van der Waals surface area contributed by atoms with E-state index in [2.05, 4.69) is 4.74 Å². The van der Waals surface area contributed by atoms with Crippen molar-refractivity contribution in [3.05, 3.63) is 0 Å². The Morgan fingerprint density at radius 2 is 2.11 bits per heavy atom. The number of sulfone groups is 1. The minimum atomic E-state index is -3.11. The first-order chi connectivity index (χ1) is 3.98. The Kier molecular flexibility index (Phi) is 3.10. The summed E-state index contributed by atoms with van der Waals surface area (Å²) in [6, 6.07) is 0. The summed E-state index contributed by atoms with van der Waals surface area (Å²) in [5.74, 6) is 0. The molecule has 0 fully saturated rings. The van der Waals surface area contributed by atoms with E-state index in [0.29, 0.717) is 0 Å². The lowest BCUT2D eigenvalue weighted by atomic mass is 10.7. The zero-order chi connectivity index (χ0) is 7.49. The molecule has 0 radical (unpaired) electrons. The fourth-order valence-electron chi connectivity index (χ4n) is 0.288. The molecule has 0 amide bonds. The van der Waals surface area contributed by atoms with Crippen LogP contribution in [0.15, 0.2) is 0 Å². The number of ether oxygens (including phenoxy) is 1. The van der Waals surface area contributed by atoms with E-state index in [1.54, 1.807) is 0 Å². The molecule has 0 heterocycles. The van der Waals surface area contributed by atoms with Crippen molar-refractivity contribution in [1.82, 2.24) is 0 Å². The highest BCUT2D eigenvalue weighted by molar-refractivity contribution is 7.91. The molecule has 4 nitrogen and oxygen atoms in total. The van der Waals surface area contributed by atoms with E-state index in [1.165, 1.54) is 7.11 Å². The van der Waals surface area contributed by atoms with Gasteiger partial charge in [-0.3, -0.25) is 0 Å². The second kappa shape index (κ2) is 3.14. The summed E-state index contributed by atoms with van der Waals surface area (Å²) in [5.41, 5.74) is 5.15. The molecule has 0 aromatic rings. The Morgan fingerprint density at radius 3 is 2.22 bits per heavy atom. The van der Waals surface area contributed by atoms with Crippen molar-refractivity contribution in [1.29, 1.82) is 0 Å². The van der Waals surface area contributed by atoms with E-state index >= 15 is 0 Å². The van der Waals surface area contributed by atoms with Gasteiger partial charge in [-0.2, -0.15) is 0 Å². The van der Waals surface area contributed by atoms with Crippen LogP contribution in [-0.2, 0) is 14.6 Å². The smallest absolute Gasteiger partial charge is 0.165 e. The fraction of sp³-hybridized carbons (Fsp3) is 1.00. The molecule has 2 N–H and O–H groups in total. The Morgan fingerprint density at radius 1 is 1.67 bits per heavy atom. The van der Waals surface area contributed by atoms with Crippen molar-refractivity contribution in [2.75, 3.05) is 20.0 Å². The zero-order valence-electron chi connectivity index (χ0n) is 5.49. The van der Waals surface area contributed by atoms with E-state index in [4.69, 9.17) is 5.73 Å². The molecule has 0 bridgehead atoms. The number of hydrogen-bond acceptors (Lipinski definition) is 4. The van der Waals surface area contributed by atoms with Crippen molar-refractivity contribution in [3.63, 3.8) is 0 Å².